The minimum absolute atomic E-state index is 0.154. The molecule has 0 rings (SSSR count). The van der Waals surface area contributed by atoms with E-state index in [9.17, 15) is 9.18 Å². The largest absolute Gasteiger partial charge is 0.288 e. The van der Waals surface area contributed by atoms with E-state index in [1.165, 1.54) is 0 Å². The first kappa shape index (κ1) is 7.95. The average Bonchev–Trinajstić information content (AvgIpc) is 1.66. The molecule has 0 amide bonds. The summed E-state index contributed by atoms with van der Waals surface area (Å²) in [6.45, 7) is -0.332. The predicted molar refractivity (Wildman–Crippen MR) is 33.8 cm³/mol. The molecule has 0 fully saturated rings. The van der Waals surface area contributed by atoms with Gasteiger partial charge in [-0.2, -0.15) is 0 Å². The number of halogens is 1. The average molecular weight is 136 g/mol. The van der Waals surface area contributed by atoms with Crippen LogP contribution in [0.1, 0.15) is 19.3 Å². The lowest BCUT2D eigenvalue weighted by Gasteiger charge is -1.88. The topological polar surface area (TPSA) is 17.1 Å². The highest BCUT2D eigenvalue weighted by atomic mass is 32.1. The zero-order valence-corrected chi connectivity index (χ0v) is 5.46. The van der Waals surface area contributed by atoms with Gasteiger partial charge >= 0.3 is 0 Å². The summed E-state index contributed by atoms with van der Waals surface area (Å²) in [5.41, 5.74) is 0. The van der Waals surface area contributed by atoms with Crippen LogP contribution in [0.2, 0.25) is 0 Å². The molecule has 0 aromatic heterocycles. The van der Waals surface area contributed by atoms with Crippen LogP contribution in [0.25, 0.3) is 0 Å². The van der Waals surface area contributed by atoms with Crippen LogP contribution < -0.4 is 0 Å². The van der Waals surface area contributed by atoms with E-state index in [-0.39, 0.29) is 11.8 Å². The van der Waals surface area contributed by atoms with Crippen molar-refractivity contribution in [3.8, 4) is 0 Å². The van der Waals surface area contributed by atoms with Crippen LogP contribution in [0.5, 0.6) is 0 Å². The molecule has 0 radical (unpaired) electrons. The van der Waals surface area contributed by atoms with Gasteiger partial charge in [0.15, 0.2) is 5.12 Å². The summed E-state index contributed by atoms with van der Waals surface area (Å²) in [4.78, 5) is 10.1. The van der Waals surface area contributed by atoms with E-state index in [1.807, 2.05) is 0 Å². The lowest BCUT2D eigenvalue weighted by molar-refractivity contribution is -0.110. The van der Waals surface area contributed by atoms with Gasteiger partial charge in [0, 0.05) is 6.42 Å². The van der Waals surface area contributed by atoms with Crippen molar-refractivity contribution < 1.29 is 9.18 Å². The molecule has 0 N–H and O–H groups in total. The van der Waals surface area contributed by atoms with Crippen molar-refractivity contribution in [3.05, 3.63) is 0 Å². The number of hydrogen-bond donors (Lipinski definition) is 1. The van der Waals surface area contributed by atoms with E-state index in [4.69, 9.17) is 0 Å². The standard InChI is InChI=1S/C5H9FOS/c6-4-2-1-3-5(7)8/h1-4H2,(H,7,8). The fourth-order valence-corrected chi connectivity index (χ4v) is 0.529. The van der Waals surface area contributed by atoms with Crippen LogP contribution in [0.15, 0.2) is 0 Å². The van der Waals surface area contributed by atoms with E-state index in [1.54, 1.807) is 0 Å². The van der Waals surface area contributed by atoms with Crippen LogP contribution in [-0.4, -0.2) is 11.8 Å². The van der Waals surface area contributed by atoms with Crippen molar-refractivity contribution >= 4 is 17.7 Å². The Morgan fingerprint density at radius 2 is 2.12 bits per heavy atom. The van der Waals surface area contributed by atoms with Gasteiger partial charge < -0.3 is 0 Å². The Kier molecular flexibility index (Phi) is 5.06. The first-order valence-corrected chi connectivity index (χ1v) is 3.00. The molecule has 48 valence electrons. The quantitative estimate of drug-likeness (QED) is 0.458. The fourth-order valence-electron chi connectivity index (χ4n) is 0.371. The molecule has 0 aliphatic heterocycles. The molecule has 0 aromatic rings. The van der Waals surface area contributed by atoms with Crippen molar-refractivity contribution in [3.63, 3.8) is 0 Å². The van der Waals surface area contributed by atoms with E-state index in [0.717, 1.165) is 0 Å². The molecule has 0 spiro atoms. The van der Waals surface area contributed by atoms with Gasteiger partial charge in [0.05, 0.1) is 6.67 Å². The number of alkyl halides is 1. The van der Waals surface area contributed by atoms with Crippen LogP contribution in [0, 0.1) is 0 Å². The highest BCUT2D eigenvalue weighted by molar-refractivity contribution is 7.96. The Morgan fingerprint density at radius 3 is 2.50 bits per heavy atom. The maximum Gasteiger partial charge on any atom is 0.185 e. The number of carbonyl (C=O) groups excluding carboxylic acids is 1. The molecule has 0 aliphatic rings. The molecule has 0 unspecified atom stereocenters. The summed E-state index contributed by atoms with van der Waals surface area (Å²) >= 11 is 3.51. The summed E-state index contributed by atoms with van der Waals surface area (Å²) in [6, 6.07) is 0. The Labute approximate surface area is 53.7 Å². The van der Waals surface area contributed by atoms with E-state index < -0.39 is 0 Å². The third-order valence-corrected chi connectivity index (χ3v) is 0.998. The zero-order chi connectivity index (χ0) is 6.41. The number of hydrogen-bond acceptors (Lipinski definition) is 1. The second-order valence-corrected chi connectivity index (χ2v) is 2.04. The highest BCUT2D eigenvalue weighted by Crippen LogP contribution is 1.97. The Balaban J connectivity index is 2.82. The van der Waals surface area contributed by atoms with Gasteiger partial charge in [-0.1, -0.05) is 0 Å². The minimum Gasteiger partial charge on any atom is -0.288 e. The maximum absolute atomic E-state index is 11.3. The van der Waals surface area contributed by atoms with E-state index in [2.05, 4.69) is 12.6 Å². The van der Waals surface area contributed by atoms with Gasteiger partial charge in [-0.3, -0.25) is 9.18 Å². The molecule has 0 aromatic carbocycles. The van der Waals surface area contributed by atoms with Crippen molar-refractivity contribution in [2.45, 2.75) is 19.3 Å². The summed E-state index contributed by atoms with van der Waals surface area (Å²) in [6.07, 6.45) is 1.50. The van der Waals surface area contributed by atoms with Gasteiger partial charge in [-0.05, 0) is 12.8 Å². The van der Waals surface area contributed by atoms with E-state index >= 15 is 0 Å². The second-order valence-electron chi connectivity index (χ2n) is 1.54. The number of rotatable bonds is 4. The first-order chi connectivity index (χ1) is 3.77. The summed E-state index contributed by atoms with van der Waals surface area (Å²) < 4.78 is 11.3. The van der Waals surface area contributed by atoms with Gasteiger partial charge in [0.25, 0.3) is 0 Å². The Bertz CT molecular complexity index is 74.8. The van der Waals surface area contributed by atoms with Crippen molar-refractivity contribution in [2.75, 3.05) is 6.67 Å². The molecule has 0 atom stereocenters. The molecule has 8 heavy (non-hydrogen) atoms. The molecule has 0 saturated heterocycles. The Hall–Kier alpha value is -0.0500. The molecule has 0 saturated carbocycles. The summed E-state index contributed by atoms with van der Waals surface area (Å²) in [5.74, 6) is 0. The molecular formula is C5H9FOS. The monoisotopic (exact) mass is 136 g/mol. The smallest absolute Gasteiger partial charge is 0.185 e. The van der Waals surface area contributed by atoms with Crippen molar-refractivity contribution in [1.29, 1.82) is 0 Å². The summed E-state index contributed by atoms with van der Waals surface area (Å²) in [7, 11) is 0. The fraction of sp³-hybridized carbons (Fsp3) is 0.800. The minimum atomic E-state index is -0.332. The molecule has 0 bridgehead atoms. The first-order valence-electron chi connectivity index (χ1n) is 2.55. The SMILES string of the molecule is O=C(S)CCCCF. The van der Waals surface area contributed by atoms with E-state index in [0.29, 0.717) is 19.3 Å². The third kappa shape index (κ3) is 5.95. The normalized spacial score (nSPS) is 9.25. The number of unbranched alkanes of at least 4 members (excludes halogenated alkanes) is 1. The van der Waals surface area contributed by atoms with Crippen LogP contribution >= 0.6 is 12.6 Å². The molecule has 1 nitrogen and oxygen atoms in total. The van der Waals surface area contributed by atoms with Crippen LogP contribution in [0.3, 0.4) is 0 Å². The number of carbonyl (C=O) groups is 1. The Morgan fingerprint density at radius 1 is 1.50 bits per heavy atom. The molecule has 3 heteroatoms. The number of thiol groups is 1. The van der Waals surface area contributed by atoms with Gasteiger partial charge in [0.2, 0.25) is 0 Å². The van der Waals surface area contributed by atoms with Crippen LogP contribution in [0.4, 0.5) is 4.39 Å². The summed E-state index contributed by atoms with van der Waals surface area (Å²) in [5, 5.41) is -0.154. The highest BCUT2D eigenvalue weighted by Gasteiger charge is 1.91. The molecule has 0 aliphatic carbocycles. The molecule has 0 heterocycles. The lowest BCUT2D eigenvalue weighted by Crippen LogP contribution is -1.86. The van der Waals surface area contributed by atoms with Crippen molar-refractivity contribution in [2.24, 2.45) is 0 Å². The zero-order valence-electron chi connectivity index (χ0n) is 4.56. The second kappa shape index (κ2) is 5.09. The predicted octanol–water partition coefficient (Wildman–Crippen LogP) is 1.58. The van der Waals surface area contributed by atoms with Crippen LogP contribution in [-0.2, 0) is 4.79 Å². The lowest BCUT2D eigenvalue weighted by atomic mass is 10.3. The molecular weight excluding hydrogens is 127 g/mol. The van der Waals surface area contributed by atoms with Gasteiger partial charge in [-0.25, -0.2) is 0 Å². The maximum atomic E-state index is 11.3. The van der Waals surface area contributed by atoms with Gasteiger partial charge in [0.1, 0.15) is 0 Å². The third-order valence-electron chi connectivity index (χ3n) is 0.774. The van der Waals surface area contributed by atoms with Gasteiger partial charge in [-0.15, -0.1) is 12.6 Å². The van der Waals surface area contributed by atoms with Crippen molar-refractivity contribution in [1.82, 2.24) is 0 Å².